The van der Waals surface area contributed by atoms with Crippen LogP contribution in [0.4, 0.5) is 0 Å². The second-order valence-electron chi connectivity index (χ2n) is 18.5. The molecule has 62 heavy (non-hydrogen) atoms. The topological polar surface area (TPSA) is 8.82 Å². The minimum atomic E-state index is 0.0608. The maximum absolute atomic E-state index is 2.51. The molecular formula is C60H40N2. The second-order valence-corrected chi connectivity index (χ2v) is 18.5. The first-order valence-corrected chi connectivity index (χ1v) is 21.8. The van der Waals surface area contributed by atoms with Crippen LogP contribution in [0, 0.1) is 0 Å². The van der Waals surface area contributed by atoms with E-state index in [2.05, 4.69) is 218 Å². The number of hydrogen-bond donors (Lipinski definition) is 0. The van der Waals surface area contributed by atoms with Crippen LogP contribution >= 0.6 is 0 Å². The van der Waals surface area contributed by atoms with Gasteiger partial charge in [-0.05, 0) is 121 Å². The van der Waals surface area contributed by atoms with E-state index >= 15 is 0 Å². The van der Waals surface area contributed by atoms with E-state index in [1.807, 2.05) is 0 Å². The highest BCUT2D eigenvalue weighted by molar-refractivity contribution is 6.27. The molecule has 290 valence electrons. The largest absolute Gasteiger partial charge is 0.308 e. The zero-order chi connectivity index (χ0) is 41.0. The van der Waals surface area contributed by atoms with Gasteiger partial charge in [0.1, 0.15) is 0 Å². The Hall–Kier alpha value is -7.68. The Bertz CT molecular complexity index is 4120. The molecule has 0 unspecified atom stereocenters. The van der Waals surface area contributed by atoms with Gasteiger partial charge in [0.25, 0.3) is 0 Å². The number of fused-ring (bicyclic) bond motifs is 14. The van der Waals surface area contributed by atoms with Crippen molar-refractivity contribution in [2.75, 3.05) is 0 Å². The molecule has 0 spiro atoms. The predicted octanol–water partition coefficient (Wildman–Crippen LogP) is 16.6. The Balaban J connectivity index is 0.983. The van der Waals surface area contributed by atoms with Crippen molar-refractivity contribution in [3.63, 3.8) is 0 Å². The smallest absolute Gasteiger partial charge is 0.0620 e. The monoisotopic (exact) mass is 788 g/mol. The predicted molar refractivity (Wildman–Crippen MR) is 266 cm³/mol. The molecule has 0 fully saturated rings. The lowest BCUT2D eigenvalue weighted by Gasteiger charge is -2.19. The van der Waals surface area contributed by atoms with Crippen LogP contribution in [0.15, 0.2) is 188 Å². The van der Waals surface area contributed by atoms with Crippen LogP contribution in [-0.2, 0) is 5.41 Å². The Labute approximate surface area is 358 Å². The molecule has 0 aliphatic carbocycles. The summed E-state index contributed by atoms with van der Waals surface area (Å²) in [6, 6.07) is 70.8. The summed E-state index contributed by atoms with van der Waals surface area (Å²) in [5, 5.41) is 15.5. The van der Waals surface area contributed by atoms with E-state index in [1.54, 1.807) is 0 Å². The van der Waals surface area contributed by atoms with E-state index < -0.39 is 0 Å². The molecule has 0 saturated carbocycles. The third-order valence-corrected chi connectivity index (χ3v) is 14.1. The summed E-state index contributed by atoms with van der Waals surface area (Å²) >= 11 is 0. The lowest BCUT2D eigenvalue weighted by Crippen LogP contribution is -2.10. The first kappa shape index (κ1) is 34.1. The van der Waals surface area contributed by atoms with Crippen molar-refractivity contribution in [2.24, 2.45) is 0 Å². The van der Waals surface area contributed by atoms with Crippen LogP contribution in [0.25, 0.3) is 131 Å². The molecule has 0 aliphatic rings. The van der Waals surface area contributed by atoms with Crippen molar-refractivity contribution < 1.29 is 0 Å². The van der Waals surface area contributed by atoms with Crippen LogP contribution < -0.4 is 0 Å². The van der Waals surface area contributed by atoms with Crippen molar-refractivity contribution in [3.05, 3.63) is 194 Å². The molecule has 0 N–H and O–H groups in total. The van der Waals surface area contributed by atoms with Gasteiger partial charge in [0, 0.05) is 43.1 Å². The molecule has 14 aromatic rings. The van der Waals surface area contributed by atoms with Gasteiger partial charge < -0.3 is 8.80 Å². The summed E-state index contributed by atoms with van der Waals surface area (Å²) in [4.78, 5) is 0. The fraction of sp³-hybridized carbons (Fsp3) is 0.0667. The average molecular weight is 789 g/mol. The molecule has 2 heteroatoms. The Morgan fingerprint density at radius 1 is 0.274 bits per heavy atom. The fourth-order valence-corrected chi connectivity index (χ4v) is 11.3. The van der Waals surface area contributed by atoms with Crippen molar-refractivity contribution >= 4 is 97.7 Å². The van der Waals surface area contributed by atoms with Gasteiger partial charge in [0.05, 0.1) is 33.1 Å². The second kappa shape index (κ2) is 12.0. The molecule has 0 amide bonds. The summed E-state index contributed by atoms with van der Waals surface area (Å²) in [5.41, 5.74) is 16.6. The van der Waals surface area contributed by atoms with Gasteiger partial charge in [-0.25, -0.2) is 0 Å². The molecule has 2 nitrogen and oxygen atoms in total. The van der Waals surface area contributed by atoms with E-state index in [1.165, 1.54) is 137 Å². The molecule has 0 saturated heterocycles. The standard InChI is InChI=1S/C60H40N2/c1-60(2,3)39-26-29-55-49(34-39)51-33-38(32-50-40-16-11-12-23-52(40)61(55)59(50)51)36-24-27-53-47(30-36)45-21-13-22-46-48-31-37(25-28-54(48)62(53)58(45)46)57-43-19-9-7-17-41(43)56(35-14-5-4-6-15-35)42-18-8-10-20-44(42)57/h4-34H,1-3H3. The van der Waals surface area contributed by atoms with Gasteiger partial charge in [-0.2, -0.15) is 0 Å². The van der Waals surface area contributed by atoms with Gasteiger partial charge in [0.15, 0.2) is 0 Å². The summed E-state index contributed by atoms with van der Waals surface area (Å²) < 4.78 is 5.00. The number of rotatable bonds is 3. The molecule has 14 rings (SSSR count). The molecule has 4 heterocycles. The van der Waals surface area contributed by atoms with E-state index in [0.717, 1.165) is 0 Å². The van der Waals surface area contributed by atoms with Crippen LogP contribution in [0.5, 0.6) is 0 Å². The van der Waals surface area contributed by atoms with Gasteiger partial charge in [-0.1, -0.05) is 154 Å². The zero-order valence-electron chi connectivity index (χ0n) is 34.8. The van der Waals surface area contributed by atoms with E-state index in [-0.39, 0.29) is 5.41 Å². The summed E-state index contributed by atoms with van der Waals surface area (Å²) in [5.74, 6) is 0. The van der Waals surface area contributed by atoms with Crippen molar-refractivity contribution in [2.45, 2.75) is 26.2 Å². The third kappa shape index (κ3) is 4.43. The third-order valence-electron chi connectivity index (χ3n) is 14.1. The number of hydrogen-bond acceptors (Lipinski definition) is 0. The maximum Gasteiger partial charge on any atom is 0.0620 e. The first-order chi connectivity index (χ1) is 30.4. The number of benzene rings is 10. The maximum atomic E-state index is 2.51. The Morgan fingerprint density at radius 3 is 1.31 bits per heavy atom. The highest BCUT2D eigenvalue weighted by Crippen LogP contribution is 2.48. The van der Waals surface area contributed by atoms with Crippen LogP contribution in [0.2, 0.25) is 0 Å². The Kier molecular flexibility index (Phi) is 6.59. The molecular weight excluding hydrogens is 749 g/mol. The fourth-order valence-electron chi connectivity index (χ4n) is 11.3. The summed E-state index contributed by atoms with van der Waals surface area (Å²) in [6.07, 6.45) is 0. The molecule has 0 radical (unpaired) electrons. The van der Waals surface area contributed by atoms with E-state index in [4.69, 9.17) is 0 Å². The lowest BCUT2D eigenvalue weighted by molar-refractivity contribution is 0.591. The summed E-state index contributed by atoms with van der Waals surface area (Å²) in [7, 11) is 0. The summed E-state index contributed by atoms with van der Waals surface area (Å²) in [6.45, 7) is 6.93. The van der Waals surface area contributed by atoms with Crippen LogP contribution in [-0.4, -0.2) is 8.80 Å². The van der Waals surface area contributed by atoms with E-state index in [9.17, 15) is 0 Å². The number of nitrogens with zero attached hydrogens (tertiary/aromatic N) is 2. The van der Waals surface area contributed by atoms with Gasteiger partial charge in [-0.15, -0.1) is 0 Å². The quantitative estimate of drug-likeness (QED) is 0.158. The lowest BCUT2D eigenvalue weighted by atomic mass is 9.86. The molecule has 4 aromatic heterocycles. The van der Waals surface area contributed by atoms with Crippen molar-refractivity contribution in [1.82, 2.24) is 8.80 Å². The SMILES string of the molecule is CC(C)(C)c1ccc2c(c1)c1cc(-c3ccc4c(c3)c3cccc5c6cc(-c7c8ccccc8c(-c8ccccc8)c8ccccc78)ccc6n4c35)cc3c4ccccc4n2c31. The molecule has 0 aliphatic heterocycles. The number of para-hydroxylation sites is 2. The van der Waals surface area contributed by atoms with Gasteiger partial charge >= 0.3 is 0 Å². The van der Waals surface area contributed by atoms with Gasteiger partial charge in [0.2, 0.25) is 0 Å². The minimum absolute atomic E-state index is 0.0608. The van der Waals surface area contributed by atoms with E-state index in [0.29, 0.717) is 0 Å². The van der Waals surface area contributed by atoms with Gasteiger partial charge in [-0.3, -0.25) is 0 Å². The normalized spacial score (nSPS) is 12.8. The molecule has 0 bridgehead atoms. The van der Waals surface area contributed by atoms with Crippen LogP contribution in [0.3, 0.4) is 0 Å². The molecule has 0 atom stereocenters. The first-order valence-electron chi connectivity index (χ1n) is 21.8. The average Bonchev–Trinajstić information content (AvgIpc) is 4.03. The van der Waals surface area contributed by atoms with Crippen molar-refractivity contribution in [3.8, 4) is 33.4 Å². The highest BCUT2D eigenvalue weighted by atomic mass is 14.9. The number of aromatic nitrogens is 2. The zero-order valence-corrected chi connectivity index (χ0v) is 34.8. The molecule has 10 aromatic carbocycles. The Morgan fingerprint density at radius 2 is 0.694 bits per heavy atom. The van der Waals surface area contributed by atoms with Crippen LogP contribution in [0.1, 0.15) is 26.3 Å². The minimum Gasteiger partial charge on any atom is -0.308 e. The van der Waals surface area contributed by atoms with Crippen molar-refractivity contribution in [1.29, 1.82) is 0 Å². The highest BCUT2D eigenvalue weighted by Gasteiger charge is 2.24.